The first kappa shape index (κ1) is 11.7. The molecule has 58 valence electrons. The van der Waals surface area contributed by atoms with Crippen molar-refractivity contribution in [3.8, 4) is 0 Å². The van der Waals surface area contributed by atoms with Gasteiger partial charge in [0.2, 0.25) is 0 Å². The van der Waals surface area contributed by atoms with Gasteiger partial charge in [-0.15, -0.1) is 0 Å². The molecule has 2 nitrogen and oxygen atoms in total. The van der Waals surface area contributed by atoms with Crippen molar-refractivity contribution in [1.29, 1.82) is 0 Å². The predicted molar refractivity (Wildman–Crippen MR) is 41.6 cm³/mol. The van der Waals surface area contributed by atoms with Crippen LogP contribution in [0.3, 0.4) is 0 Å². The van der Waals surface area contributed by atoms with Gasteiger partial charge in [-0.05, 0) is 34.7 Å². The van der Waals surface area contributed by atoms with Gasteiger partial charge in [-0.3, -0.25) is 0 Å². The molecular formula is C7H19NO. The average Bonchev–Trinajstić information content (AvgIpc) is 1.67. The van der Waals surface area contributed by atoms with E-state index in [9.17, 15) is 0 Å². The zero-order chi connectivity index (χ0) is 7.91. The molecule has 2 N–H and O–H groups in total. The van der Waals surface area contributed by atoms with Crippen LogP contribution in [0.4, 0.5) is 0 Å². The first-order valence-electron chi connectivity index (χ1n) is 3.27. The average molecular weight is 133 g/mol. The van der Waals surface area contributed by atoms with Crippen LogP contribution in [-0.2, 0) is 0 Å². The quantitative estimate of drug-likeness (QED) is 0.517. The minimum absolute atomic E-state index is 0.250. The van der Waals surface area contributed by atoms with E-state index in [2.05, 4.69) is 26.1 Å². The van der Waals surface area contributed by atoms with Crippen molar-refractivity contribution < 1.29 is 5.11 Å². The summed E-state index contributed by atoms with van der Waals surface area (Å²) in [6.45, 7) is 8.33. The van der Waals surface area contributed by atoms with E-state index >= 15 is 0 Å². The van der Waals surface area contributed by atoms with E-state index in [1.54, 1.807) is 6.92 Å². The highest BCUT2D eigenvalue weighted by Gasteiger charge is 2.01. The maximum absolute atomic E-state index is 7.57. The predicted octanol–water partition coefficient (Wildman–Crippen LogP) is 1.00. The van der Waals surface area contributed by atoms with Gasteiger partial charge in [0.25, 0.3) is 0 Å². The maximum Gasteiger partial charge on any atom is 0.0402 e. The lowest BCUT2D eigenvalue weighted by atomic mass is 10.1. The largest absolute Gasteiger partial charge is 0.397 e. The van der Waals surface area contributed by atoms with Crippen LogP contribution in [0.5, 0.6) is 0 Å². The van der Waals surface area contributed by atoms with Crippen LogP contribution in [0, 0.1) is 0 Å². The molecule has 0 amide bonds. The summed E-state index contributed by atoms with van der Waals surface area (Å²) in [6.07, 6.45) is 0. The molecule has 0 bridgehead atoms. The monoisotopic (exact) mass is 133 g/mol. The second-order valence-electron chi connectivity index (χ2n) is 2.82. The Labute approximate surface area is 58.3 Å². The number of hydrogen-bond acceptors (Lipinski definition) is 2. The van der Waals surface area contributed by atoms with Gasteiger partial charge in [-0.2, -0.15) is 0 Å². The van der Waals surface area contributed by atoms with Gasteiger partial charge in [0.15, 0.2) is 0 Å². The van der Waals surface area contributed by atoms with E-state index in [1.165, 1.54) is 0 Å². The molecule has 0 rings (SSSR count). The number of nitrogens with one attached hydrogen (secondary N) is 1. The summed E-state index contributed by atoms with van der Waals surface area (Å²) in [5.41, 5.74) is 0.292. The Kier molecular flexibility index (Phi) is 7.85. The van der Waals surface area contributed by atoms with E-state index in [-0.39, 0.29) is 6.61 Å². The van der Waals surface area contributed by atoms with E-state index in [0.717, 1.165) is 0 Å². The van der Waals surface area contributed by atoms with Gasteiger partial charge in [0, 0.05) is 12.1 Å². The fourth-order valence-corrected chi connectivity index (χ4v) is 0. The summed E-state index contributed by atoms with van der Waals surface area (Å²) in [5.74, 6) is 0. The molecule has 0 radical (unpaired) electrons. The molecule has 0 aromatic heterocycles. The van der Waals surface area contributed by atoms with Crippen molar-refractivity contribution in [1.82, 2.24) is 5.32 Å². The van der Waals surface area contributed by atoms with Crippen LogP contribution in [0.2, 0.25) is 0 Å². The minimum Gasteiger partial charge on any atom is -0.397 e. The molecule has 0 aliphatic heterocycles. The Morgan fingerprint density at radius 3 is 1.44 bits per heavy atom. The second-order valence-corrected chi connectivity index (χ2v) is 2.82. The molecular weight excluding hydrogens is 114 g/mol. The number of aliphatic hydroxyl groups excluding tert-OH is 1. The summed E-state index contributed by atoms with van der Waals surface area (Å²) in [4.78, 5) is 0. The molecule has 0 unspecified atom stereocenters. The molecule has 0 aliphatic carbocycles. The van der Waals surface area contributed by atoms with Crippen molar-refractivity contribution in [2.75, 3.05) is 13.7 Å². The molecule has 9 heavy (non-hydrogen) atoms. The number of hydrogen-bond donors (Lipinski definition) is 2. The standard InChI is InChI=1S/C5H13N.C2H6O/c1-5(2,3)6-4;1-2-3/h6H,1-4H3;3H,2H2,1H3. The summed E-state index contributed by atoms with van der Waals surface area (Å²) in [5, 5.41) is 10.7. The fraction of sp³-hybridized carbons (Fsp3) is 1.00. The molecule has 0 spiro atoms. The highest BCUT2D eigenvalue weighted by Crippen LogP contribution is 1.93. The number of rotatable bonds is 0. The van der Waals surface area contributed by atoms with Crippen LogP contribution in [0.25, 0.3) is 0 Å². The zero-order valence-corrected chi connectivity index (χ0v) is 7.15. The van der Waals surface area contributed by atoms with Gasteiger partial charge in [-0.25, -0.2) is 0 Å². The third-order valence-corrected chi connectivity index (χ3v) is 0.750. The van der Waals surface area contributed by atoms with Crippen molar-refractivity contribution in [3.05, 3.63) is 0 Å². The molecule has 0 aliphatic rings. The Morgan fingerprint density at radius 1 is 1.33 bits per heavy atom. The lowest BCUT2D eigenvalue weighted by molar-refractivity contribution is 0.318. The number of aliphatic hydroxyl groups is 1. The topological polar surface area (TPSA) is 32.3 Å². The van der Waals surface area contributed by atoms with E-state index in [0.29, 0.717) is 5.54 Å². The molecule has 0 heterocycles. The Morgan fingerprint density at radius 2 is 1.44 bits per heavy atom. The van der Waals surface area contributed by atoms with E-state index in [1.807, 2.05) is 7.05 Å². The summed E-state index contributed by atoms with van der Waals surface area (Å²) >= 11 is 0. The van der Waals surface area contributed by atoms with Crippen molar-refractivity contribution >= 4 is 0 Å². The highest BCUT2D eigenvalue weighted by molar-refractivity contribution is 4.65. The van der Waals surface area contributed by atoms with Crippen LogP contribution in [0.1, 0.15) is 27.7 Å². The van der Waals surface area contributed by atoms with Crippen molar-refractivity contribution in [3.63, 3.8) is 0 Å². The SMILES string of the molecule is CCO.CNC(C)(C)C. The molecule has 0 atom stereocenters. The Hall–Kier alpha value is -0.0800. The van der Waals surface area contributed by atoms with Gasteiger partial charge in [0.1, 0.15) is 0 Å². The maximum atomic E-state index is 7.57. The van der Waals surface area contributed by atoms with Crippen molar-refractivity contribution in [2.24, 2.45) is 0 Å². The molecule has 0 aromatic rings. The van der Waals surface area contributed by atoms with Gasteiger partial charge >= 0.3 is 0 Å². The van der Waals surface area contributed by atoms with Gasteiger partial charge in [-0.1, -0.05) is 0 Å². The minimum atomic E-state index is 0.250. The first-order chi connectivity index (χ1) is 3.97. The first-order valence-corrected chi connectivity index (χ1v) is 3.27. The van der Waals surface area contributed by atoms with Crippen LogP contribution >= 0.6 is 0 Å². The van der Waals surface area contributed by atoms with Crippen LogP contribution in [0.15, 0.2) is 0 Å². The van der Waals surface area contributed by atoms with Gasteiger partial charge in [0.05, 0.1) is 0 Å². The lowest BCUT2D eigenvalue weighted by Gasteiger charge is -2.15. The third-order valence-electron chi connectivity index (χ3n) is 0.750. The Bertz CT molecular complexity index is 47.4. The third kappa shape index (κ3) is 32.6. The fourth-order valence-electron chi connectivity index (χ4n) is 0. The van der Waals surface area contributed by atoms with Crippen molar-refractivity contribution in [2.45, 2.75) is 33.2 Å². The normalized spacial score (nSPS) is 10.0. The smallest absolute Gasteiger partial charge is 0.0402 e. The highest BCUT2D eigenvalue weighted by atomic mass is 16.2. The van der Waals surface area contributed by atoms with Crippen LogP contribution < -0.4 is 5.32 Å². The molecule has 0 saturated heterocycles. The molecule has 0 fully saturated rings. The van der Waals surface area contributed by atoms with E-state index in [4.69, 9.17) is 5.11 Å². The summed E-state index contributed by atoms with van der Waals surface area (Å²) in [6, 6.07) is 0. The van der Waals surface area contributed by atoms with Gasteiger partial charge < -0.3 is 10.4 Å². The molecule has 2 heteroatoms. The molecule has 0 saturated carbocycles. The second kappa shape index (κ2) is 6.05. The zero-order valence-electron chi connectivity index (χ0n) is 7.15. The Balaban J connectivity index is 0. The summed E-state index contributed by atoms with van der Waals surface area (Å²) < 4.78 is 0. The summed E-state index contributed by atoms with van der Waals surface area (Å²) in [7, 11) is 1.96. The molecule has 0 aromatic carbocycles. The van der Waals surface area contributed by atoms with Crippen LogP contribution in [-0.4, -0.2) is 24.3 Å². The lowest BCUT2D eigenvalue weighted by Crippen LogP contribution is -2.31. The van der Waals surface area contributed by atoms with E-state index < -0.39 is 0 Å².